The van der Waals surface area contributed by atoms with Crippen LogP contribution in [0.1, 0.15) is 19.4 Å². The van der Waals surface area contributed by atoms with Crippen molar-refractivity contribution >= 4 is 11.5 Å². The molecular weight excluding hydrogens is 304 g/mol. The molecule has 0 radical (unpaired) electrons. The van der Waals surface area contributed by atoms with Gasteiger partial charge in [0.1, 0.15) is 0 Å². The van der Waals surface area contributed by atoms with Gasteiger partial charge in [0.25, 0.3) is 5.70 Å². The Morgan fingerprint density at radius 3 is 2.54 bits per heavy atom. The van der Waals surface area contributed by atoms with Gasteiger partial charge >= 0.3 is 0 Å². The van der Waals surface area contributed by atoms with E-state index in [1.165, 1.54) is 23.8 Å². The summed E-state index contributed by atoms with van der Waals surface area (Å²) in [7, 11) is 1.98. The lowest BCUT2D eigenvalue weighted by Gasteiger charge is -2.23. The van der Waals surface area contributed by atoms with Gasteiger partial charge in [-0.15, -0.1) is 0 Å². The number of carbonyl (C=O) groups is 1. The van der Waals surface area contributed by atoms with Crippen molar-refractivity contribution in [2.45, 2.75) is 19.3 Å². The molecule has 1 heterocycles. The third-order valence-electron chi connectivity index (χ3n) is 4.57. The van der Waals surface area contributed by atoms with Gasteiger partial charge in [-0.05, 0) is 29.9 Å². The molecule has 0 atom stereocenters. The van der Waals surface area contributed by atoms with Crippen molar-refractivity contribution in [3.63, 3.8) is 0 Å². The van der Waals surface area contributed by atoms with Crippen LogP contribution < -0.4 is 4.90 Å². The van der Waals surface area contributed by atoms with Gasteiger partial charge < -0.3 is 4.90 Å². The fraction of sp³-hybridized carbons (Fsp3) is 0.211. The number of allylic oxidation sites excluding steroid dienone is 7. The van der Waals surface area contributed by atoms with Crippen molar-refractivity contribution in [1.29, 1.82) is 0 Å². The molecule has 3 rings (SSSR count). The minimum atomic E-state index is -0.495. The highest BCUT2D eigenvalue weighted by Crippen LogP contribution is 2.46. The van der Waals surface area contributed by atoms with Gasteiger partial charge in [0.15, 0.2) is 5.78 Å². The van der Waals surface area contributed by atoms with E-state index in [4.69, 9.17) is 0 Å². The van der Waals surface area contributed by atoms with Crippen molar-refractivity contribution in [2.24, 2.45) is 0 Å². The van der Waals surface area contributed by atoms with Gasteiger partial charge in [-0.2, -0.15) is 0 Å². The summed E-state index contributed by atoms with van der Waals surface area (Å²) >= 11 is 0. The topological polar surface area (TPSA) is 63.4 Å². The molecule has 1 aromatic carbocycles. The van der Waals surface area contributed by atoms with Gasteiger partial charge in [0.2, 0.25) is 0 Å². The Balaban J connectivity index is 2.02. The molecule has 0 N–H and O–H groups in total. The first kappa shape index (κ1) is 15.9. The van der Waals surface area contributed by atoms with E-state index in [1.54, 1.807) is 6.08 Å². The number of anilines is 1. The summed E-state index contributed by atoms with van der Waals surface area (Å²) in [6, 6.07) is 8.16. The molecule has 5 heteroatoms. The quantitative estimate of drug-likeness (QED) is 0.475. The predicted molar refractivity (Wildman–Crippen MR) is 93.3 cm³/mol. The number of benzene rings is 1. The van der Waals surface area contributed by atoms with Crippen molar-refractivity contribution in [3.8, 4) is 0 Å². The molecule has 1 aliphatic carbocycles. The standard InChI is InChI=1S/C19H18N2O3/c1-19(2)15-6-4-5-7-16(15)20(3)18(19)11-8-13-12-14(21(23)24)9-10-17(13)22/h4-12H,1-3H3/b13-8+,18-11-. The Bertz CT molecular complexity index is 857. The van der Waals surface area contributed by atoms with Gasteiger partial charge in [-0.25, -0.2) is 0 Å². The summed E-state index contributed by atoms with van der Waals surface area (Å²) in [5, 5.41) is 10.9. The van der Waals surface area contributed by atoms with Gasteiger partial charge in [0, 0.05) is 41.6 Å². The van der Waals surface area contributed by atoms with E-state index in [1.807, 2.05) is 25.3 Å². The third-order valence-corrected chi connectivity index (χ3v) is 4.57. The highest BCUT2D eigenvalue weighted by molar-refractivity contribution is 6.07. The Labute approximate surface area is 140 Å². The van der Waals surface area contributed by atoms with Crippen LogP contribution in [0.5, 0.6) is 0 Å². The molecule has 0 amide bonds. The first-order valence-corrected chi connectivity index (χ1v) is 7.66. The van der Waals surface area contributed by atoms with Crippen LogP contribution in [-0.4, -0.2) is 17.8 Å². The molecule has 5 nitrogen and oxygen atoms in total. The number of rotatable bonds is 2. The minimum Gasteiger partial charge on any atom is -0.347 e. The zero-order valence-corrected chi connectivity index (χ0v) is 13.8. The number of hydrogen-bond acceptors (Lipinski definition) is 4. The first-order chi connectivity index (χ1) is 11.3. The van der Waals surface area contributed by atoms with Crippen LogP contribution >= 0.6 is 0 Å². The Kier molecular flexibility index (Phi) is 3.72. The molecule has 24 heavy (non-hydrogen) atoms. The number of fused-ring (bicyclic) bond motifs is 1. The maximum absolute atomic E-state index is 12.0. The average Bonchev–Trinajstić information content (AvgIpc) is 2.74. The molecule has 0 spiro atoms. The van der Waals surface area contributed by atoms with Crippen LogP contribution in [0.3, 0.4) is 0 Å². The van der Waals surface area contributed by atoms with Crippen molar-refractivity contribution in [1.82, 2.24) is 0 Å². The number of para-hydroxylation sites is 1. The molecule has 0 aromatic heterocycles. The maximum atomic E-state index is 12.0. The lowest BCUT2D eigenvalue weighted by atomic mass is 9.83. The van der Waals surface area contributed by atoms with Crippen molar-refractivity contribution in [3.05, 3.63) is 87.3 Å². The second kappa shape index (κ2) is 5.60. The van der Waals surface area contributed by atoms with Crippen LogP contribution in [0.15, 0.2) is 71.6 Å². The lowest BCUT2D eigenvalue weighted by molar-refractivity contribution is -0.419. The fourth-order valence-corrected chi connectivity index (χ4v) is 3.25. The Morgan fingerprint density at radius 2 is 1.88 bits per heavy atom. The lowest BCUT2D eigenvalue weighted by Crippen LogP contribution is -2.22. The summed E-state index contributed by atoms with van der Waals surface area (Å²) in [5.41, 5.74) is 3.41. The molecule has 0 fully saturated rings. The number of carbonyl (C=O) groups excluding carboxylic acids is 1. The summed E-state index contributed by atoms with van der Waals surface area (Å²) in [6.07, 6.45) is 7.32. The van der Waals surface area contributed by atoms with Crippen molar-refractivity contribution in [2.75, 3.05) is 11.9 Å². The van der Waals surface area contributed by atoms with Crippen LogP contribution in [0.25, 0.3) is 0 Å². The van der Waals surface area contributed by atoms with Crippen LogP contribution in [0, 0.1) is 10.1 Å². The summed E-state index contributed by atoms with van der Waals surface area (Å²) in [4.78, 5) is 24.5. The first-order valence-electron chi connectivity index (χ1n) is 7.66. The van der Waals surface area contributed by atoms with E-state index in [9.17, 15) is 14.9 Å². The molecular formula is C19H18N2O3. The maximum Gasteiger partial charge on any atom is 0.270 e. The normalized spacial score (nSPS) is 22.0. The van der Waals surface area contributed by atoms with E-state index in [0.29, 0.717) is 5.57 Å². The smallest absolute Gasteiger partial charge is 0.270 e. The fourth-order valence-electron chi connectivity index (χ4n) is 3.25. The van der Waals surface area contributed by atoms with E-state index in [2.05, 4.69) is 30.9 Å². The van der Waals surface area contributed by atoms with Crippen LogP contribution in [-0.2, 0) is 10.2 Å². The highest BCUT2D eigenvalue weighted by atomic mass is 16.6. The van der Waals surface area contributed by atoms with Crippen LogP contribution in [0.2, 0.25) is 0 Å². The molecule has 122 valence electrons. The molecule has 1 aromatic rings. The third kappa shape index (κ3) is 2.48. The van der Waals surface area contributed by atoms with Crippen molar-refractivity contribution < 1.29 is 9.72 Å². The molecule has 0 saturated heterocycles. The number of hydrogen-bond donors (Lipinski definition) is 0. The van der Waals surface area contributed by atoms with Crippen LogP contribution in [0.4, 0.5) is 5.69 Å². The van der Waals surface area contributed by atoms with E-state index < -0.39 is 4.92 Å². The van der Waals surface area contributed by atoms with Gasteiger partial charge in [-0.1, -0.05) is 32.0 Å². The Hall–Kier alpha value is -2.95. The van der Waals surface area contributed by atoms with Gasteiger partial charge in [-0.3, -0.25) is 14.9 Å². The van der Waals surface area contributed by atoms with Gasteiger partial charge in [0.05, 0.1) is 4.92 Å². The molecule has 0 saturated carbocycles. The zero-order valence-electron chi connectivity index (χ0n) is 13.8. The zero-order chi connectivity index (χ0) is 17.5. The average molecular weight is 322 g/mol. The molecule has 1 aliphatic heterocycles. The second-order valence-electron chi connectivity index (χ2n) is 6.40. The summed E-state index contributed by atoms with van der Waals surface area (Å²) < 4.78 is 0. The number of nitrogens with zero attached hydrogens (tertiary/aromatic N) is 2. The largest absolute Gasteiger partial charge is 0.347 e. The van der Waals surface area contributed by atoms with E-state index in [-0.39, 0.29) is 16.9 Å². The number of ketones is 1. The second-order valence-corrected chi connectivity index (χ2v) is 6.40. The monoisotopic (exact) mass is 322 g/mol. The molecule has 0 unspecified atom stereocenters. The highest BCUT2D eigenvalue weighted by Gasteiger charge is 2.37. The summed E-state index contributed by atoms with van der Waals surface area (Å²) in [5.74, 6) is -0.228. The minimum absolute atomic E-state index is 0.0819. The Morgan fingerprint density at radius 1 is 1.17 bits per heavy atom. The molecule has 2 aliphatic rings. The number of nitro groups is 1. The SMILES string of the molecule is CN1/C(=C\C=C2/C=C([N+](=O)[O-])C=CC2=O)C(C)(C)c2ccccc21. The summed E-state index contributed by atoms with van der Waals surface area (Å²) in [6.45, 7) is 4.25. The van der Waals surface area contributed by atoms with E-state index >= 15 is 0 Å². The van der Waals surface area contributed by atoms with E-state index in [0.717, 1.165) is 11.4 Å². The predicted octanol–water partition coefficient (Wildman–Crippen LogP) is 3.52. The number of likely N-dealkylation sites (N-methyl/N-ethyl adjacent to an activating group) is 1. The molecule has 0 bridgehead atoms.